The number of hydrogen-bond donors (Lipinski definition) is 1. The molecule has 0 radical (unpaired) electrons. The zero-order chi connectivity index (χ0) is 15.7. The lowest BCUT2D eigenvalue weighted by Crippen LogP contribution is -2.27. The number of thiophene rings is 1. The van der Waals surface area contributed by atoms with Gasteiger partial charge in [-0.1, -0.05) is 6.07 Å². The van der Waals surface area contributed by atoms with Crippen LogP contribution in [0.2, 0.25) is 0 Å². The lowest BCUT2D eigenvalue weighted by Gasteiger charge is -2.09. The molecule has 0 aliphatic carbocycles. The Morgan fingerprint density at radius 3 is 3.00 bits per heavy atom. The van der Waals surface area contributed by atoms with Crippen LogP contribution in [0.4, 0.5) is 5.69 Å². The molecule has 1 N–H and O–H groups in total. The number of anilines is 1. The molecule has 0 unspecified atom stereocenters. The molecule has 2 heterocycles. The van der Waals surface area contributed by atoms with Gasteiger partial charge in [-0.15, -0.1) is 11.3 Å². The highest BCUT2D eigenvalue weighted by molar-refractivity contribution is 9.10. The summed E-state index contributed by atoms with van der Waals surface area (Å²) in [4.78, 5) is 29.2. The third kappa shape index (κ3) is 2.95. The third-order valence-electron chi connectivity index (χ3n) is 3.16. The van der Waals surface area contributed by atoms with E-state index in [0.717, 1.165) is 10.0 Å². The minimum Gasteiger partial charge on any atom is -0.324 e. The van der Waals surface area contributed by atoms with Gasteiger partial charge in [0.1, 0.15) is 11.4 Å². The summed E-state index contributed by atoms with van der Waals surface area (Å²) in [6.07, 6.45) is 1.41. The number of halogens is 1. The fraction of sp³-hybridized carbons (Fsp3) is 0.133. The van der Waals surface area contributed by atoms with Crippen LogP contribution in [0.15, 0.2) is 45.2 Å². The van der Waals surface area contributed by atoms with Crippen LogP contribution < -0.4 is 10.9 Å². The first-order valence-electron chi connectivity index (χ1n) is 6.53. The first-order chi connectivity index (χ1) is 10.5. The van der Waals surface area contributed by atoms with Crippen molar-refractivity contribution in [2.24, 2.45) is 0 Å². The van der Waals surface area contributed by atoms with Crippen molar-refractivity contribution in [1.29, 1.82) is 0 Å². The number of aryl methyl sites for hydroxylation is 1. The van der Waals surface area contributed by atoms with Crippen molar-refractivity contribution in [3.8, 4) is 0 Å². The summed E-state index contributed by atoms with van der Waals surface area (Å²) in [6, 6.07) is 7.37. The highest BCUT2D eigenvalue weighted by Gasteiger charge is 2.10. The average Bonchev–Trinajstić information content (AvgIpc) is 2.94. The second-order valence-corrected chi connectivity index (χ2v) is 6.60. The Morgan fingerprint density at radius 2 is 2.23 bits per heavy atom. The molecule has 22 heavy (non-hydrogen) atoms. The van der Waals surface area contributed by atoms with Crippen LogP contribution in [0.1, 0.15) is 5.56 Å². The van der Waals surface area contributed by atoms with Gasteiger partial charge in [0, 0.05) is 4.47 Å². The minimum absolute atomic E-state index is 0.0715. The Kier molecular flexibility index (Phi) is 4.08. The molecule has 1 aromatic carbocycles. The van der Waals surface area contributed by atoms with Gasteiger partial charge in [0.15, 0.2) is 0 Å². The molecule has 2 aromatic heterocycles. The van der Waals surface area contributed by atoms with Crippen LogP contribution in [0.5, 0.6) is 0 Å². The van der Waals surface area contributed by atoms with E-state index in [1.807, 2.05) is 30.5 Å². The zero-order valence-corrected chi connectivity index (χ0v) is 14.1. The second-order valence-electron chi connectivity index (χ2n) is 4.85. The summed E-state index contributed by atoms with van der Waals surface area (Å²) < 4.78 is 2.12. The van der Waals surface area contributed by atoms with Crippen molar-refractivity contribution in [2.75, 3.05) is 5.32 Å². The van der Waals surface area contributed by atoms with Crippen molar-refractivity contribution in [3.63, 3.8) is 0 Å². The van der Waals surface area contributed by atoms with Crippen molar-refractivity contribution in [3.05, 3.63) is 56.4 Å². The minimum atomic E-state index is -0.275. The van der Waals surface area contributed by atoms with E-state index in [-0.39, 0.29) is 18.0 Å². The highest BCUT2D eigenvalue weighted by atomic mass is 79.9. The predicted octanol–water partition coefficient (Wildman–Crippen LogP) is 3.17. The van der Waals surface area contributed by atoms with Gasteiger partial charge in [0.05, 0.1) is 17.4 Å². The summed E-state index contributed by atoms with van der Waals surface area (Å²) in [5.41, 5.74) is 1.56. The molecule has 0 saturated carbocycles. The normalized spacial score (nSPS) is 10.8. The van der Waals surface area contributed by atoms with E-state index in [1.165, 1.54) is 22.2 Å². The molecule has 112 valence electrons. The molecular formula is C15H12BrN3O2S. The fourth-order valence-electron chi connectivity index (χ4n) is 2.07. The molecule has 0 atom stereocenters. The number of hydrogen-bond acceptors (Lipinski definition) is 4. The van der Waals surface area contributed by atoms with Crippen LogP contribution in [0.25, 0.3) is 10.2 Å². The molecule has 0 aliphatic rings. The van der Waals surface area contributed by atoms with E-state index in [2.05, 4.69) is 26.2 Å². The molecule has 0 saturated heterocycles. The molecule has 0 aliphatic heterocycles. The molecule has 3 rings (SSSR count). The molecule has 7 heteroatoms. The van der Waals surface area contributed by atoms with Crippen molar-refractivity contribution in [1.82, 2.24) is 9.55 Å². The predicted molar refractivity (Wildman–Crippen MR) is 91.4 cm³/mol. The quantitative estimate of drug-likeness (QED) is 0.762. The molecular weight excluding hydrogens is 366 g/mol. The van der Waals surface area contributed by atoms with Crippen LogP contribution in [-0.2, 0) is 11.3 Å². The average molecular weight is 378 g/mol. The topological polar surface area (TPSA) is 64.0 Å². The van der Waals surface area contributed by atoms with Crippen LogP contribution in [0.3, 0.4) is 0 Å². The van der Waals surface area contributed by atoms with Crippen LogP contribution in [-0.4, -0.2) is 15.5 Å². The highest BCUT2D eigenvalue weighted by Crippen LogP contribution is 2.23. The van der Waals surface area contributed by atoms with Gasteiger partial charge in [-0.25, -0.2) is 4.98 Å². The fourth-order valence-corrected chi connectivity index (χ4v) is 3.39. The number of carbonyl (C=O) groups is 1. The Bertz CT molecular complexity index is 917. The largest absolute Gasteiger partial charge is 0.324 e. The van der Waals surface area contributed by atoms with Gasteiger partial charge in [0.2, 0.25) is 5.91 Å². The van der Waals surface area contributed by atoms with Crippen LogP contribution >= 0.6 is 27.3 Å². The first-order valence-corrected chi connectivity index (χ1v) is 8.20. The van der Waals surface area contributed by atoms with Crippen molar-refractivity contribution >= 4 is 49.1 Å². The van der Waals surface area contributed by atoms with Crippen molar-refractivity contribution in [2.45, 2.75) is 13.5 Å². The van der Waals surface area contributed by atoms with E-state index in [1.54, 1.807) is 6.07 Å². The maximum Gasteiger partial charge on any atom is 0.262 e. The van der Waals surface area contributed by atoms with E-state index in [9.17, 15) is 9.59 Å². The van der Waals surface area contributed by atoms with E-state index < -0.39 is 0 Å². The molecule has 3 aromatic rings. The maximum absolute atomic E-state index is 12.2. The number of rotatable bonds is 3. The van der Waals surface area contributed by atoms with E-state index in [0.29, 0.717) is 15.9 Å². The number of carbonyl (C=O) groups excluding carboxylic acids is 1. The summed E-state index contributed by atoms with van der Waals surface area (Å²) >= 11 is 4.81. The molecule has 0 spiro atoms. The number of nitrogens with one attached hydrogen (secondary N) is 1. The van der Waals surface area contributed by atoms with Gasteiger partial charge in [-0.3, -0.25) is 14.2 Å². The van der Waals surface area contributed by atoms with Crippen LogP contribution in [0, 0.1) is 6.92 Å². The number of fused-ring (bicyclic) bond motifs is 1. The van der Waals surface area contributed by atoms with E-state index >= 15 is 0 Å². The van der Waals surface area contributed by atoms with E-state index in [4.69, 9.17) is 0 Å². The molecule has 5 nitrogen and oxygen atoms in total. The third-order valence-corrected chi connectivity index (χ3v) is 4.64. The maximum atomic E-state index is 12.2. The second kappa shape index (κ2) is 6.02. The number of benzene rings is 1. The smallest absolute Gasteiger partial charge is 0.262 e. The zero-order valence-electron chi connectivity index (χ0n) is 11.7. The van der Waals surface area contributed by atoms with Gasteiger partial charge in [0.25, 0.3) is 5.56 Å². The number of aromatic nitrogens is 2. The first kappa shape index (κ1) is 14.9. The van der Waals surface area contributed by atoms with Gasteiger partial charge in [-0.05, 0) is 52.0 Å². The number of amides is 1. The monoisotopic (exact) mass is 377 g/mol. The van der Waals surface area contributed by atoms with Gasteiger partial charge < -0.3 is 5.32 Å². The molecule has 1 amide bonds. The van der Waals surface area contributed by atoms with Gasteiger partial charge >= 0.3 is 0 Å². The Balaban J connectivity index is 1.81. The molecule has 0 bridgehead atoms. The van der Waals surface area contributed by atoms with Gasteiger partial charge in [-0.2, -0.15) is 0 Å². The summed E-state index contributed by atoms with van der Waals surface area (Å²) in [7, 11) is 0. The molecule has 0 fully saturated rings. The summed E-state index contributed by atoms with van der Waals surface area (Å²) in [5.74, 6) is -0.275. The Labute approximate surface area is 138 Å². The van der Waals surface area contributed by atoms with Crippen molar-refractivity contribution < 1.29 is 4.79 Å². The standard InChI is InChI=1S/C15H12BrN3O2S/c1-9-2-3-12(11(16)6-9)18-13(20)7-19-8-17-14-10(15(19)21)4-5-22-14/h2-6,8H,7H2,1H3,(H,18,20). The number of nitrogens with zero attached hydrogens (tertiary/aromatic N) is 2. The lowest BCUT2D eigenvalue weighted by molar-refractivity contribution is -0.116. The SMILES string of the molecule is Cc1ccc(NC(=O)Cn2cnc3sccc3c2=O)c(Br)c1. The summed E-state index contributed by atoms with van der Waals surface area (Å²) in [5, 5.41) is 5.14. The summed E-state index contributed by atoms with van der Waals surface area (Å²) in [6.45, 7) is 1.90. The Hall–Kier alpha value is -1.99. The lowest BCUT2D eigenvalue weighted by atomic mass is 10.2. The Morgan fingerprint density at radius 1 is 1.41 bits per heavy atom.